The number of nitrogens with zero attached hydrogens (tertiary/aromatic N) is 1. The molecular weight excluding hydrogens is 615 g/mol. The fourth-order valence-corrected chi connectivity index (χ4v) is 11.3. The normalized spacial score (nSPS) is 21.9. The van der Waals surface area contributed by atoms with Crippen molar-refractivity contribution in [2.24, 2.45) is 11.8 Å². The van der Waals surface area contributed by atoms with E-state index in [1.165, 1.54) is 156 Å². The van der Waals surface area contributed by atoms with Crippen molar-refractivity contribution < 1.29 is 0 Å². The molecule has 0 saturated heterocycles. The van der Waals surface area contributed by atoms with Gasteiger partial charge in [-0.05, 0) is 138 Å². The monoisotopic (exact) mass is 677 g/mol. The number of anilines is 3. The summed E-state index contributed by atoms with van der Waals surface area (Å²) < 4.78 is 0. The molecular formula is C50H63N. The second-order valence-corrected chi connectivity index (χ2v) is 17.1. The van der Waals surface area contributed by atoms with E-state index in [-0.39, 0.29) is 5.41 Å². The Balaban J connectivity index is 1.19. The molecule has 1 heteroatoms. The average molecular weight is 678 g/mol. The smallest absolute Gasteiger partial charge is 0.0465 e. The van der Waals surface area contributed by atoms with Crippen LogP contribution in [0.3, 0.4) is 0 Å². The van der Waals surface area contributed by atoms with Crippen molar-refractivity contribution in [1.29, 1.82) is 0 Å². The molecule has 0 heterocycles. The zero-order chi connectivity index (χ0) is 34.6. The Bertz CT molecular complexity index is 1710. The predicted molar refractivity (Wildman–Crippen MR) is 219 cm³/mol. The van der Waals surface area contributed by atoms with Crippen molar-refractivity contribution in [2.75, 3.05) is 4.90 Å². The highest BCUT2D eigenvalue weighted by atomic mass is 15.1. The quantitative estimate of drug-likeness (QED) is 0.113. The minimum absolute atomic E-state index is 0.0889. The molecule has 0 radical (unpaired) electrons. The van der Waals surface area contributed by atoms with Gasteiger partial charge in [-0.2, -0.15) is 0 Å². The largest absolute Gasteiger partial charge is 0.310 e. The van der Waals surface area contributed by atoms with Gasteiger partial charge in [-0.15, -0.1) is 0 Å². The van der Waals surface area contributed by atoms with Crippen molar-refractivity contribution in [2.45, 2.75) is 153 Å². The molecule has 0 aliphatic heterocycles. The molecule has 3 saturated carbocycles. The van der Waals surface area contributed by atoms with E-state index in [1.54, 1.807) is 16.7 Å². The first-order valence-electron chi connectivity index (χ1n) is 21.4. The molecule has 0 amide bonds. The van der Waals surface area contributed by atoms with E-state index in [9.17, 15) is 0 Å². The maximum Gasteiger partial charge on any atom is 0.0465 e. The number of hydrogen-bond donors (Lipinski definition) is 0. The zero-order valence-electron chi connectivity index (χ0n) is 31.9. The maximum absolute atomic E-state index is 2.63. The molecule has 3 atom stereocenters. The third-order valence-electron chi connectivity index (χ3n) is 14.0. The second kappa shape index (κ2) is 15.7. The highest BCUT2D eigenvalue weighted by Gasteiger charge is 2.43. The molecule has 51 heavy (non-hydrogen) atoms. The van der Waals surface area contributed by atoms with E-state index in [2.05, 4.69) is 110 Å². The number of rotatable bonds is 15. The van der Waals surface area contributed by atoms with Gasteiger partial charge in [-0.3, -0.25) is 0 Å². The summed E-state index contributed by atoms with van der Waals surface area (Å²) in [5, 5.41) is 0. The van der Waals surface area contributed by atoms with Gasteiger partial charge in [0.05, 0.1) is 0 Å². The van der Waals surface area contributed by atoms with Crippen LogP contribution in [0.25, 0.3) is 11.1 Å². The van der Waals surface area contributed by atoms with Gasteiger partial charge in [0.15, 0.2) is 0 Å². The number of benzene rings is 4. The van der Waals surface area contributed by atoms with Crippen LogP contribution >= 0.6 is 0 Å². The standard InChI is InChI=1S/C50H63N/c1-3-5-7-14-32-50(33-15-8-6-4-2)48-19-13-12-18-45(48)46-31-30-44(36-49(46)50)51(42-26-22-39(23-27-42)38-16-10-9-11-17-38)43-28-24-40(25-29-43)47-35-37-20-21-41(47)34-37/h12-13,18-19,22-31,36-38,41,47H,3-11,14-17,20-21,32-35H2,1-2H3. The summed E-state index contributed by atoms with van der Waals surface area (Å²) in [5.41, 5.74) is 13.2. The van der Waals surface area contributed by atoms with Gasteiger partial charge >= 0.3 is 0 Å². The Hall–Kier alpha value is -3.32. The Kier molecular flexibility index (Phi) is 10.7. The summed E-state index contributed by atoms with van der Waals surface area (Å²) in [6, 6.07) is 36.6. The Labute approximate surface area is 310 Å². The molecule has 8 rings (SSSR count). The molecule has 268 valence electrons. The predicted octanol–water partition coefficient (Wildman–Crippen LogP) is 15.3. The van der Waals surface area contributed by atoms with E-state index in [4.69, 9.17) is 0 Å². The molecule has 4 aromatic rings. The fraction of sp³-hybridized carbons (Fsp3) is 0.520. The van der Waals surface area contributed by atoms with Crippen LogP contribution in [0, 0.1) is 11.8 Å². The SMILES string of the molecule is CCCCCCC1(CCCCCC)c2ccccc2-c2ccc(N(c3ccc(C4CCCCC4)cc3)c3ccc(C4CC5CCC4C5)cc3)cc21. The van der Waals surface area contributed by atoms with Crippen molar-refractivity contribution in [1.82, 2.24) is 0 Å². The van der Waals surface area contributed by atoms with Crippen molar-refractivity contribution in [3.8, 4) is 11.1 Å². The molecule has 4 aromatic carbocycles. The van der Waals surface area contributed by atoms with Gasteiger partial charge in [-0.25, -0.2) is 0 Å². The Morgan fingerprint density at radius 3 is 1.80 bits per heavy atom. The number of fused-ring (bicyclic) bond motifs is 5. The van der Waals surface area contributed by atoms with Crippen LogP contribution < -0.4 is 4.90 Å². The Morgan fingerprint density at radius 2 is 1.18 bits per heavy atom. The van der Waals surface area contributed by atoms with Crippen LogP contribution in [0.4, 0.5) is 17.1 Å². The third kappa shape index (κ3) is 6.96. The summed E-state index contributed by atoms with van der Waals surface area (Å²) in [5.74, 6) is 3.37. The average Bonchev–Trinajstić information content (AvgIpc) is 3.90. The minimum Gasteiger partial charge on any atom is -0.310 e. The van der Waals surface area contributed by atoms with Crippen LogP contribution in [0.1, 0.15) is 170 Å². The Morgan fingerprint density at radius 1 is 0.549 bits per heavy atom. The van der Waals surface area contributed by atoms with E-state index in [0.29, 0.717) is 0 Å². The lowest BCUT2D eigenvalue weighted by Gasteiger charge is -2.34. The van der Waals surface area contributed by atoms with Crippen molar-refractivity contribution in [3.63, 3.8) is 0 Å². The highest BCUT2D eigenvalue weighted by molar-refractivity contribution is 5.86. The van der Waals surface area contributed by atoms with Crippen LogP contribution in [0.2, 0.25) is 0 Å². The van der Waals surface area contributed by atoms with Crippen LogP contribution in [0.5, 0.6) is 0 Å². The summed E-state index contributed by atoms with van der Waals surface area (Å²) in [6.07, 6.45) is 25.6. The third-order valence-corrected chi connectivity index (χ3v) is 14.0. The summed E-state index contributed by atoms with van der Waals surface area (Å²) in [6.45, 7) is 4.68. The van der Waals surface area contributed by atoms with E-state index >= 15 is 0 Å². The molecule has 4 aliphatic carbocycles. The zero-order valence-corrected chi connectivity index (χ0v) is 31.9. The lowest BCUT2D eigenvalue weighted by Crippen LogP contribution is -2.26. The molecule has 1 nitrogen and oxygen atoms in total. The van der Waals surface area contributed by atoms with Crippen molar-refractivity contribution >= 4 is 17.1 Å². The maximum atomic E-state index is 2.63. The minimum atomic E-state index is 0.0889. The van der Waals surface area contributed by atoms with Gasteiger partial charge in [0.2, 0.25) is 0 Å². The van der Waals surface area contributed by atoms with E-state index in [1.807, 2.05) is 0 Å². The summed E-state index contributed by atoms with van der Waals surface area (Å²) in [7, 11) is 0. The van der Waals surface area contributed by atoms with E-state index in [0.717, 1.165) is 23.7 Å². The summed E-state index contributed by atoms with van der Waals surface area (Å²) in [4.78, 5) is 2.58. The highest BCUT2D eigenvalue weighted by Crippen LogP contribution is 2.56. The molecule has 0 aromatic heterocycles. The molecule has 3 unspecified atom stereocenters. The molecule has 3 fully saturated rings. The van der Waals surface area contributed by atoms with Gasteiger partial charge in [0.25, 0.3) is 0 Å². The lowest BCUT2D eigenvalue weighted by atomic mass is 9.70. The topological polar surface area (TPSA) is 3.24 Å². The second-order valence-electron chi connectivity index (χ2n) is 17.1. The van der Waals surface area contributed by atoms with Crippen LogP contribution in [-0.4, -0.2) is 0 Å². The fourth-order valence-electron chi connectivity index (χ4n) is 11.3. The van der Waals surface area contributed by atoms with E-state index < -0.39 is 0 Å². The molecule has 0 spiro atoms. The first-order valence-corrected chi connectivity index (χ1v) is 21.4. The van der Waals surface area contributed by atoms with Gasteiger partial charge in [0.1, 0.15) is 0 Å². The molecule has 0 N–H and O–H groups in total. The number of unbranched alkanes of at least 4 members (excludes halogenated alkanes) is 6. The lowest BCUT2D eigenvalue weighted by molar-refractivity contribution is 0.401. The molecule has 2 bridgehead atoms. The summed E-state index contributed by atoms with van der Waals surface area (Å²) >= 11 is 0. The van der Waals surface area contributed by atoms with Gasteiger partial charge in [-0.1, -0.05) is 145 Å². The first kappa shape index (κ1) is 34.7. The van der Waals surface area contributed by atoms with Crippen LogP contribution in [-0.2, 0) is 5.41 Å². The molecule has 4 aliphatic rings. The van der Waals surface area contributed by atoms with Gasteiger partial charge in [0, 0.05) is 22.5 Å². The van der Waals surface area contributed by atoms with Gasteiger partial charge < -0.3 is 4.90 Å². The number of hydrogen-bond acceptors (Lipinski definition) is 1. The van der Waals surface area contributed by atoms with Crippen LogP contribution in [0.15, 0.2) is 91.0 Å². The van der Waals surface area contributed by atoms with Crippen molar-refractivity contribution in [3.05, 3.63) is 113 Å². The first-order chi connectivity index (χ1) is 25.2.